The normalized spacial score (nSPS) is 10.3. The molecule has 0 spiro atoms. The lowest BCUT2D eigenvalue weighted by Crippen LogP contribution is -1.97. The zero-order chi connectivity index (χ0) is 10.7. The van der Waals surface area contributed by atoms with Gasteiger partial charge in [0.05, 0.1) is 0 Å². The van der Waals surface area contributed by atoms with E-state index >= 15 is 0 Å². The van der Waals surface area contributed by atoms with Gasteiger partial charge in [-0.2, -0.15) is 0 Å². The minimum Gasteiger partial charge on any atom is -0.242 e. The Kier molecular flexibility index (Phi) is 2.67. The highest BCUT2D eigenvalue weighted by molar-refractivity contribution is 5.15. The Labute approximate surface area is 88.5 Å². The number of aryl methyl sites for hydroxylation is 2. The van der Waals surface area contributed by atoms with Crippen molar-refractivity contribution >= 4 is 0 Å². The molecule has 0 bridgehead atoms. The minimum atomic E-state index is 0.754. The molecule has 15 heavy (non-hydrogen) atoms. The molecule has 2 aromatic rings. The Bertz CT molecular complexity index is 450. The fourth-order valence-corrected chi connectivity index (χ4v) is 1.32. The van der Waals surface area contributed by atoms with E-state index in [1.807, 2.05) is 32.3 Å². The summed E-state index contributed by atoms with van der Waals surface area (Å²) in [5.74, 6) is 1.58. The van der Waals surface area contributed by atoms with Crippen LogP contribution >= 0.6 is 0 Å². The summed E-state index contributed by atoms with van der Waals surface area (Å²) in [6.07, 6.45) is 6.19. The Balaban J connectivity index is 2.18. The van der Waals surface area contributed by atoms with Crippen molar-refractivity contribution in [3.05, 3.63) is 47.6 Å². The van der Waals surface area contributed by atoms with Gasteiger partial charge in [-0.25, -0.2) is 19.9 Å². The van der Waals surface area contributed by atoms with Gasteiger partial charge in [-0.3, -0.25) is 0 Å². The van der Waals surface area contributed by atoms with Gasteiger partial charge in [-0.1, -0.05) is 0 Å². The van der Waals surface area contributed by atoms with Crippen LogP contribution in [0, 0.1) is 13.8 Å². The van der Waals surface area contributed by atoms with Gasteiger partial charge >= 0.3 is 0 Å². The molecular formula is C11H12N4. The summed E-state index contributed by atoms with van der Waals surface area (Å²) in [6.45, 7) is 3.76. The Morgan fingerprint density at radius 2 is 1.73 bits per heavy atom. The zero-order valence-electron chi connectivity index (χ0n) is 8.81. The van der Waals surface area contributed by atoms with Crippen molar-refractivity contribution in [3.63, 3.8) is 0 Å². The van der Waals surface area contributed by atoms with Crippen LogP contribution in [0.3, 0.4) is 0 Å². The first-order valence-corrected chi connectivity index (χ1v) is 4.80. The van der Waals surface area contributed by atoms with Crippen molar-refractivity contribution in [1.82, 2.24) is 19.9 Å². The number of rotatable bonds is 2. The molecule has 0 unspecified atom stereocenters. The standard InChI is InChI=1S/C11H12N4/c1-8-13-6-10(7-14-8)5-11-3-4-12-9(2)15-11/h3-4,6-7H,5H2,1-2H3. The molecule has 0 saturated carbocycles. The van der Waals surface area contributed by atoms with Crippen LogP contribution in [0.15, 0.2) is 24.7 Å². The van der Waals surface area contributed by atoms with Crippen molar-refractivity contribution in [2.75, 3.05) is 0 Å². The lowest BCUT2D eigenvalue weighted by Gasteiger charge is -2.01. The largest absolute Gasteiger partial charge is 0.242 e. The quantitative estimate of drug-likeness (QED) is 0.736. The van der Waals surface area contributed by atoms with E-state index in [0.29, 0.717) is 0 Å². The van der Waals surface area contributed by atoms with Gasteiger partial charge in [-0.15, -0.1) is 0 Å². The summed E-state index contributed by atoms with van der Waals surface area (Å²) in [5.41, 5.74) is 2.06. The van der Waals surface area contributed by atoms with E-state index < -0.39 is 0 Å². The number of hydrogen-bond donors (Lipinski definition) is 0. The first kappa shape index (κ1) is 9.71. The monoisotopic (exact) mass is 200 g/mol. The van der Waals surface area contributed by atoms with Crippen LogP contribution in [-0.2, 0) is 6.42 Å². The van der Waals surface area contributed by atoms with Crippen LogP contribution in [-0.4, -0.2) is 19.9 Å². The summed E-state index contributed by atoms with van der Waals surface area (Å²) in [4.78, 5) is 16.7. The zero-order valence-corrected chi connectivity index (χ0v) is 8.81. The molecule has 0 fully saturated rings. The highest BCUT2D eigenvalue weighted by Gasteiger charge is 1.99. The van der Waals surface area contributed by atoms with Gasteiger partial charge in [-0.05, 0) is 25.5 Å². The van der Waals surface area contributed by atoms with E-state index in [2.05, 4.69) is 19.9 Å². The highest BCUT2D eigenvalue weighted by atomic mass is 14.9. The van der Waals surface area contributed by atoms with E-state index in [1.165, 1.54) is 0 Å². The summed E-state index contributed by atoms with van der Waals surface area (Å²) in [5, 5.41) is 0. The molecule has 0 aliphatic heterocycles. The second-order valence-electron chi connectivity index (χ2n) is 3.41. The van der Waals surface area contributed by atoms with Gasteiger partial charge in [0.15, 0.2) is 0 Å². The molecule has 0 aliphatic rings. The molecule has 0 aliphatic carbocycles. The molecule has 4 nitrogen and oxygen atoms in total. The Hall–Kier alpha value is -1.84. The van der Waals surface area contributed by atoms with E-state index in [9.17, 15) is 0 Å². The number of aromatic nitrogens is 4. The number of nitrogens with zero attached hydrogens (tertiary/aromatic N) is 4. The van der Waals surface area contributed by atoms with Crippen LogP contribution in [0.2, 0.25) is 0 Å². The molecule has 0 saturated heterocycles. The smallest absolute Gasteiger partial charge is 0.125 e. The molecule has 4 heteroatoms. The van der Waals surface area contributed by atoms with E-state index in [4.69, 9.17) is 0 Å². The molecule has 0 atom stereocenters. The molecule has 0 aromatic carbocycles. The summed E-state index contributed by atoms with van der Waals surface area (Å²) in [7, 11) is 0. The van der Waals surface area contributed by atoms with Crippen LogP contribution < -0.4 is 0 Å². The molecule has 0 radical (unpaired) electrons. The van der Waals surface area contributed by atoms with Gasteiger partial charge < -0.3 is 0 Å². The second kappa shape index (κ2) is 4.13. The average Bonchev–Trinajstić information content (AvgIpc) is 2.22. The van der Waals surface area contributed by atoms with Gasteiger partial charge in [0.25, 0.3) is 0 Å². The van der Waals surface area contributed by atoms with Crippen molar-refractivity contribution in [1.29, 1.82) is 0 Å². The summed E-state index contributed by atoms with van der Waals surface area (Å²) in [6, 6.07) is 1.91. The topological polar surface area (TPSA) is 51.6 Å². The van der Waals surface area contributed by atoms with E-state index in [0.717, 1.165) is 29.3 Å². The van der Waals surface area contributed by atoms with Crippen molar-refractivity contribution in [3.8, 4) is 0 Å². The molecule has 0 amide bonds. The van der Waals surface area contributed by atoms with Crippen molar-refractivity contribution in [2.24, 2.45) is 0 Å². The van der Waals surface area contributed by atoms with Gasteiger partial charge in [0.2, 0.25) is 0 Å². The Morgan fingerprint density at radius 1 is 1.00 bits per heavy atom. The molecule has 2 heterocycles. The maximum absolute atomic E-state index is 4.32. The van der Waals surface area contributed by atoms with Gasteiger partial charge in [0, 0.05) is 30.7 Å². The fourth-order valence-electron chi connectivity index (χ4n) is 1.32. The van der Waals surface area contributed by atoms with Crippen molar-refractivity contribution in [2.45, 2.75) is 20.3 Å². The third-order valence-electron chi connectivity index (χ3n) is 2.05. The first-order valence-electron chi connectivity index (χ1n) is 4.80. The molecule has 2 rings (SSSR count). The second-order valence-corrected chi connectivity index (χ2v) is 3.41. The van der Waals surface area contributed by atoms with Gasteiger partial charge in [0.1, 0.15) is 11.6 Å². The predicted molar refractivity (Wildman–Crippen MR) is 56.3 cm³/mol. The van der Waals surface area contributed by atoms with Crippen LogP contribution in [0.25, 0.3) is 0 Å². The lowest BCUT2D eigenvalue weighted by atomic mass is 10.2. The van der Waals surface area contributed by atoms with Crippen LogP contribution in [0.4, 0.5) is 0 Å². The minimum absolute atomic E-state index is 0.754. The van der Waals surface area contributed by atoms with Crippen LogP contribution in [0.5, 0.6) is 0 Å². The SMILES string of the molecule is Cc1ncc(Cc2ccnc(C)n2)cn1. The average molecular weight is 200 g/mol. The maximum atomic E-state index is 4.32. The predicted octanol–water partition coefficient (Wildman–Crippen LogP) is 1.47. The molecular weight excluding hydrogens is 188 g/mol. The van der Waals surface area contributed by atoms with E-state index in [-0.39, 0.29) is 0 Å². The number of hydrogen-bond acceptors (Lipinski definition) is 4. The molecule has 2 aromatic heterocycles. The molecule has 76 valence electrons. The third kappa shape index (κ3) is 2.56. The fraction of sp³-hybridized carbons (Fsp3) is 0.273. The van der Waals surface area contributed by atoms with E-state index in [1.54, 1.807) is 6.20 Å². The maximum Gasteiger partial charge on any atom is 0.125 e. The Morgan fingerprint density at radius 3 is 2.40 bits per heavy atom. The van der Waals surface area contributed by atoms with Crippen LogP contribution in [0.1, 0.15) is 22.9 Å². The third-order valence-corrected chi connectivity index (χ3v) is 2.05. The molecule has 0 N–H and O–H groups in total. The summed E-state index contributed by atoms with van der Waals surface area (Å²) < 4.78 is 0. The lowest BCUT2D eigenvalue weighted by molar-refractivity contribution is 0.942. The van der Waals surface area contributed by atoms with Crippen molar-refractivity contribution < 1.29 is 0 Å². The summed E-state index contributed by atoms with van der Waals surface area (Å²) >= 11 is 0. The first-order chi connectivity index (χ1) is 7.24. The highest BCUT2D eigenvalue weighted by Crippen LogP contribution is 2.04.